The number of nitrogens with zero attached hydrogens (tertiary/aromatic N) is 2. The van der Waals surface area contributed by atoms with Gasteiger partial charge < -0.3 is 15.0 Å². The van der Waals surface area contributed by atoms with Crippen molar-refractivity contribution in [2.75, 3.05) is 16.8 Å². The Morgan fingerprint density at radius 1 is 0.868 bits per heavy atom. The molecule has 5 rings (SSSR count). The van der Waals surface area contributed by atoms with Crippen LogP contribution in [0.1, 0.15) is 54.7 Å². The van der Waals surface area contributed by atoms with Crippen LogP contribution >= 0.6 is 0 Å². The number of esters is 1. The fourth-order valence-electron chi connectivity index (χ4n) is 5.22. The molecule has 0 saturated carbocycles. The summed E-state index contributed by atoms with van der Waals surface area (Å²) in [6.45, 7) is 3.93. The Labute approximate surface area is 223 Å². The molecule has 0 atom stereocenters. The van der Waals surface area contributed by atoms with Gasteiger partial charge in [0, 0.05) is 34.2 Å². The predicted molar refractivity (Wildman–Crippen MR) is 152 cm³/mol. The third kappa shape index (κ3) is 5.54. The normalized spacial score (nSPS) is 13.0. The predicted octanol–water partition coefficient (Wildman–Crippen LogP) is 6.85. The maximum absolute atomic E-state index is 13.3. The van der Waals surface area contributed by atoms with Gasteiger partial charge in [-0.05, 0) is 87.6 Å². The highest BCUT2D eigenvalue weighted by Gasteiger charge is 2.23. The zero-order chi connectivity index (χ0) is 26.5. The molecule has 1 aromatic heterocycles. The van der Waals surface area contributed by atoms with Crippen LogP contribution in [0.2, 0.25) is 0 Å². The van der Waals surface area contributed by atoms with E-state index >= 15 is 0 Å². The second kappa shape index (κ2) is 11.5. The van der Waals surface area contributed by atoms with Gasteiger partial charge in [0.25, 0.3) is 5.91 Å². The van der Waals surface area contributed by atoms with Crippen molar-refractivity contribution in [3.05, 3.63) is 95.7 Å². The highest BCUT2D eigenvalue weighted by atomic mass is 16.5. The molecular weight excluding hydrogens is 474 g/mol. The number of hydrogen-bond acceptors (Lipinski definition) is 5. The van der Waals surface area contributed by atoms with E-state index in [1.807, 2.05) is 66.7 Å². The topological polar surface area (TPSA) is 71.5 Å². The second-order valence-corrected chi connectivity index (χ2v) is 9.96. The minimum atomic E-state index is -0.470. The van der Waals surface area contributed by atoms with Crippen LogP contribution in [0.4, 0.5) is 17.1 Å². The smallest absolute Gasteiger partial charge is 0.339 e. The molecule has 1 heterocycles. The van der Waals surface area contributed by atoms with E-state index in [0.717, 1.165) is 65.6 Å². The first kappa shape index (κ1) is 25.5. The zero-order valence-corrected chi connectivity index (χ0v) is 21.9. The number of anilines is 3. The molecule has 6 heteroatoms. The van der Waals surface area contributed by atoms with Crippen LogP contribution in [0.5, 0.6) is 0 Å². The quantitative estimate of drug-likeness (QED) is 0.219. The number of fused-ring (bicyclic) bond motifs is 2. The van der Waals surface area contributed by atoms with Crippen molar-refractivity contribution < 1.29 is 14.3 Å². The van der Waals surface area contributed by atoms with Crippen LogP contribution in [0.3, 0.4) is 0 Å². The Hall–Kier alpha value is -4.19. The molecule has 1 aliphatic carbocycles. The van der Waals surface area contributed by atoms with E-state index < -0.39 is 5.97 Å². The average Bonchev–Trinajstić information content (AvgIpc) is 3.17. The Bertz CT molecular complexity index is 1430. The lowest BCUT2D eigenvalue weighted by Gasteiger charge is -2.29. The number of rotatable bonds is 7. The molecular formula is C32H33N3O3. The largest absolute Gasteiger partial charge is 0.452 e. The molecule has 0 spiro atoms. The molecule has 1 aliphatic rings. The van der Waals surface area contributed by atoms with Gasteiger partial charge in [0.15, 0.2) is 6.61 Å². The fourth-order valence-corrected chi connectivity index (χ4v) is 5.22. The van der Waals surface area contributed by atoms with Gasteiger partial charge in [-0.25, -0.2) is 4.79 Å². The van der Waals surface area contributed by atoms with E-state index in [9.17, 15) is 9.59 Å². The highest BCUT2D eigenvalue weighted by molar-refractivity contribution is 6.06. The molecule has 194 valence electrons. The summed E-state index contributed by atoms with van der Waals surface area (Å²) in [4.78, 5) is 33.0. The van der Waals surface area contributed by atoms with Crippen LogP contribution in [-0.2, 0) is 22.4 Å². The van der Waals surface area contributed by atoms with Crippen molar-refractivity contribution in [2.24, 2.45) is 0 Å². The SMILES string of the molecule is CC(C)N(c1ccccc1)c1ccc(NC(=O)COC(=O)c2c3c(nc4ccccc24)CCCCC3)cc1. The van der Waals surface area contributed by atoms with Gasteiger partial charge in [-0.3, -0.25) is 9.78 Å². The Balaban J connectivity index is 1.27. The van der Waals surface area contributed by atoms with Gasteiger partial charge in [-0.2, -0.15) is 0 Å². The van der Waals surface area contributed by atoms with Gasteiger partial charge in [-0.1, -0.05) is 42.8 Å². The van der Waals surface area contributed by atoms with E-state index in [1.54, 1.807) is 0 Å². The Morgan fingerprint density at radius 3 is 2.32 bits per heavy atom. The number of carbonyl (C=O) groups excluding carboxylic acids is 2. The molecule has 3 aromatic carbocycles. The third-order valence-corrected chi connectivity index (χ3v) is 6.94. The summed E-state index contributed by atoms with van der Waals surface area (Å²) >= 11 is 0. The molecule has 0 radical (unpaired) electrons. The first-order valence-electron chi connectivity index (χ1n) is 13.3. The van der Waals surface area contributed by atoms with Crippen molar-refractivity contribution in [3.8, 4) is 0 Å². The fraction of sp³-hybridized carbons (Fsp3) is 0.281. The summed E-state index contributed by atoms with van der Waals surface area (Å²) in [5.41, 5.74) is 6.07. The first-order chi connectivity index (χ1) is 18.5. The van der Waals surface area contributed by atoms with Crippen LogP contribution in [0.15, 0.2) is 78.9 Å². The molecule has 1 amide bonds. The summed E-state index contributed by atoms with van der Waals surface area (Å²) in [5, 5.41) is 3.63. The van der Waals surface area contributed by atoms with E-state index in [-0.39, 0.29) is 18.6 Å². The Morgan fingerprint density at radius 2 is 1.55 bits per heavy atom. The lowest BCUT2D eigenvalue weighted by atomic mass is 9.97. The third-order valence-electron chi connectivity index (χ3n) is 6.94. The summed E-state index contributed by atoms with van der Waals surface area (Å²) in [5.74, 6) is -0.845. The highest BCUT2D eigenvalue weighted by Crippen LogP contribution is 2.30. The molecule has 1 N–H and O–H groups in total. The molecule has 0 unspecified atom stereocenters. The number of hydrogen-bond donors (Lipinski definition) is 1. The summed E-state index contributed by atoms with van der Waals surface area (Å²) in [6, 6.07) is 25.8. The maximum Gasteiger partial charge on any atom is 0.339 e. The molecule has 0 bridgehead atoms. The van der Waals surface area contributed by atoms with Crippen molar-refractivity contribution in [1.29, 1.82) is 0 Å². The number of para-hydroxylation sites is 2. The lowest BCUT2D eigenvalue weighted by molar-refractivity contribution is -0.119. The number of pyridine rings is 1. The summed E-state index contributed by atoms with van der Waals surface area (Å²) in [6.07, 6.45) is 4.85. The number of nitrogens with one attached hydrogen (secondary N) is 1. The monoisotopic (exact) mass is 507 g/mol. The molecule has 0 aliphatic heterocycles. The number of amides is 1. The average molecular weight is 508 g/mol. The van der Waals surface area contributed by atoms with Crippen molar-refractivity contribution in [1.82, 2.24) is 4.98 Å². The van der Waals surface area contributed by atoms with Crippen molar-refractivity contribution in [3.63, 3.8) is 0 Å². The lowest BCUT2D eigenvalue weighted by Crippen LogP contribution is -2.25. The van der Waals surface area contributed by atoms with Gasteiger partial charge in [0.05, 0.1) is 11.1 Å². The van der Waals surface area contributed by atoms with Crippen LogP contribution in [0, 0.1) is 0 Å². The van der Waals surface area contributed by atoms with E-state index in [0.29, 0.717) is 11.3 Å². The van der Waals surface area contributed by atoms with Gasteiger partial charge >= 0.3 is 5.97 Å². The number of aryl methyl sites for hydroxylation is 1. The second-order valence-electron chi connectivity index (χ2n) is 9.96. The van der Waals surface area contributed by atoms with Crippen LogP contribution in [0.25, 0.3) is 10.9 Å². The maximum atomic E-state index is 13.3. The van der Waals surface area contributed by atoms with E-state index in [2.05, 4.69) is 36.2 Å². The van der Waals surface area contributed by atoms with Gasteiger partial charge in [-0.15, -0.1) is 0 Å². The molecule has 6 nitrogen and oxygen atoms in total. The summed E-state index contributed by atoms with van der Waals surface area (Å²) < 4.78 is 5.54. The number of carbonyl (C=O) groups is 2. The van der Waals surface area contributed by atoms with Gasteiger partial charge in [0.1, 0.15) is 0 Å². The molecule has 38 heavy (non-hydrogen) atoms. The van der Waals surface area contributed by atoms with Gasteiger partial charge in [0.2, 0.25) is 0 Å². The molecule has 0 saturated heterocycles. The van der Waals surface area contributed by atoms with E-state index in [4.69, 9.17) is 9.72 Å². The van der Waals surface area contributed by atoms with Crippen molar-refractivity contribution >= 4 is 39.8 Å². The van der Waals surface area contributed by atoms with Crippen molar-refractivity contribution in [2.45, 2.75) is 52.0 Å². The zero-order valence-electron chi connectivity index (χ0n) is 21.9. The number of ether oxygens (including phenoxy) is 1. The minimum Gasteiger partial charge on any atom is -0.452 e. The minimum absolute atomic E-state index is 0.261. The Kier molecular flexibility index (Phi) is 7.68. The first-order valence-corrected chi connectivity index (χ1v) is 13.3. The van der Waals surface area contributed by atoms with Crippen LogP contribution in [-0.4, -0.2) is 29.5 Å². The number of aromatic nitrogens is 1. The van der Waals surface area contributed by atoms with E-state index in [1.165, 1.54) is 0 Å². The summed E-state index contributed by atoms with van der Waals surface area (Å²) in [7, 11) is 0. The standard InChI is InChI=1S/C32H33N3O3/c1-22(2)35(24-11-5-3-6-12-24)25-19-17-23(18-20-25)33-30(36)21-38-32(37)31-26-13-7-4-8-15-28(26)34-29-16-10-9-14-27(29)31/h3,5-6,9-12,14,16-20,22H,4,7-8,13,15,21H2,1-2H3,(H,33,36). The van der Waals surface area contributed by atoms with Crippen LogP contribution < -0.4 is 10.2 Å². The molecule has 0 fully saturated rings. The molecule has 4 aromatic rings. The number of benzene rings is 3.